The fraction of sp³-hybridized carbons (Fsp3) is 0.438. The predicted molar refractivity (Wildman–Crippen MR) is 71.8 cm³/mol. The molecule has 2 atom stereocenters. The molecule has 0 bridgehead atoms. The van der Waals surface area contributed by atoms with E-state index in [0.717, 1.165) is 0 Å². The smallest absolute Gasteiger partial charge is 0.310 e. The van der Waals surface area contributed by atoms with Crippen molar-refractivity contribution in [2.75, 3.05) is 0 Å². The monoisotopic (exact) mass is 298 g/mol. The van der Waals surface area contributed by atoms with Crippen LogP contribution in [0.4, 0.5) is 13.2 Å². The summed E-state index contributed by atoms with van der Waals surface area (Å²) in [4.78, 5) is 12.0. The highest BCUT2D eigenvalue weighted by molar-refractivity contribution is 5.78. The molecule has 2 unspecified atom stereocenters. The molecule has 0 N–H and O–H groups in total. The summed E-state index contributed by atoms with van der Waals surface area (Å²) in [7, 11) is 0. The van der Waals surface area contributed by atoms with Gasteiger partial charge in [-0.1, -0.05) is 19.9 Å². The van der Waals surface area contributed by atoms with Gasteiger partial charge < -0.3 is 4.74 Å². The van der Waals surface area contributed by atoms with Gasteiger partial charge in [-0.05, 0) is 23.8 Å². The molecule has 1 fully saturated rings. The third-order valence-electron chi connectivity index (χ3n) is 4.32. The summed E-state index contributed by atoms with van der Waals surface area (Å²) in [5.74, 6) is -4.20. The minimum absolute atomic E-state index is 0.000175. The number of ether oxygens (including phenoxy) is 1. The topological polar surface area (TPSA) is 26.3 Å². The summed E-state index contributed by atoms with van der Waals surface area (Å²) < 4.78 is 45.3. The van der Waals surface area contributed by atoms with Crippen molar-refractivity contribution in [3.63, 3.8) is 0 Å². The lowest BCUT2D eigenvalue weighted by atomic mass is 10.1. The highest BCUT2D eigenvalue weighted by Crippen LogP contribution is 2.59. The van der Waals surface area contributed by atoms with Crippen molar-refractivity contribution in [3.05, 3.63) is 47.3 Å². The second kappa shape index (κ2) is 5.20. The van der Waals surface area contributed by atoms with Gasteiger partial charge >= 0.3 is 5.97 Å². The third kappa shape index (κ3) is 2.57. The number of hydrogen-bond donors (Lipinski definition) is 0. The Bertz CT molecular complexity index is 582. The van der Waals surface area contributed by atoms with Gasteiger partial charge in [0.05, 0.1) is 5.92 Å². The highest BCUT2D eigenvalue weighted by Gasteiger charge is 2.61. The van der Waals surface area contributed by atoms with Gasteiger partial charge in [0.15, 0.2) is 11.6 Å². The number of allylic oxidation sites excluding steroid dienone is 1. The van der Waals surface area contributed by atoms with Crippen LogP contribution in [-0.4, -0.2) is 5.97 Å². The Morgan fingerprint density at radius 1 is 1.38 bits per heavy atom. The molecule has 0 amide bonds. The van der Waals surface area contributed by atoms with Gasteiger partial charge in [-0.3, -0.25) is 4.79 Å². The number of halogens is 3. The molecule has 1 aliphatic carbocycles. The Morgan fingerprint density at radius 2 is 2.00 bits per heavy atom. The normalized spacial score (nSPS) is 22.8. The van der Waals surface area contributed by atoms with Crippen molar-refractivity contribution in [2.45, 2.75) is 27.4 Å². The zero-order valence-corrected chi connectivity index (χ0v) is 12.2. The summed E-state index contributed by atoms with van der Waals surface area (Å²) in [5, 5.41) is 0. The van der Waals surface area contributed by atoms with Gasteiger partial charge in [-0.2, -0.15) is 0 Å². The average molecular weight is 298 g/mol. The molecule has 5 heteroatoms. The van der Waals surface area contributed by atoms with Crippen LogP contribution in [0.3, 0.4) is 0 Å². The Labute approximate surface area is 121 Å². The lowest BCUT2D eigenvalue weighted by molar-refractivity contribution is -0.147. The second-order valence-corrected chi connectivity index (χ2v) is 5.93. The number of benzene rings is 1. The van der Waals surface area contributed by atoms with E-state index in [1.165, 1.54) is 6.92 Å². The zero-order chi connectivity index (χ0) is 15.9. The van der Waals surface area contributed by atoms with Crippen LogP contribution in [0.1, 0.15) is 25.0 Å². The van der Waals surface area contributed by atoms with E-state index in [1.54, 1.807) is 6.08 Å². The van der Waals surface area contributed by atoms with Crippen molar-refractivity contribution in [1.29, 1.82) is 0 Å². The highest BCUT2D eigenvalue weighted by atomic mass is 19.2. The second-order valence-electron chi connectivity index (χ2n) is 5.93. The Balaban J connectivity index is 2.12. The van der Waals surface area contributed by atoms with E-state index in [4.69, 9.17) is 4.74 Å². The molecule has 2 nitrogen and oxygen atoms in total. The summed E-state index contributed by atoms with van der Waals surface area (Å²) in [6.45, 7) is 8.29. The third-order valence-corrected chi connectivity index (χ3v) is 4.32. The van der Waals surface area contributed by atoms with Crippen LogP contribution >= 0.6 is 0 Å². The fourth-order valence-corrected chi connectivity index (χ4v) is 2.71. The van der Waals surface area contributed by atoms with Gasteiger partial charge in [0.2, 0.25) is 0 Å². The van der Waals surface area contributed by atoms with E-state index in [2.05, 4.69) is 6.58 Å². The number of esters is 1. The van der Waals surface area contributed by atoms with Gasteiger partial charge in [0.1, 0.15) is 12.4 Å². The summed E-state index contributed by atoms with van der Waals surface area (Å²) in [6.07, 6.45) is 1.68. The van der Waals surface area contributed by atoms with E-state index in [9.17, 15) is 18.0 Å². The van der Waals surface area contributed by atoms with Crippen LogP contribution in [0.5, 0.6) is 0 Å². The van der Waals surface area contributed by atoms with Crippen LogP contribution in [-0.2, 0) is 16.1 Å². The van der Waals surface area contributed by atoms with E-state index in [-0.39, 0.29) is 28.4 Å². The SMILES string of the molecule is C=CC1C(C(=O)OCc2c(C)c(F)cc(F)c2F)C1(C)C. The minimum atomic E-state index is -1.29. The first kappa shape index (κ1) is 15.6. The van der Waals surface area contributed by atoms with Crippen LogP contribution in [0.25, 0.3) is 0 Å². The summed E-state index contributed by atoms with van der Waals surface area (Å²) in [5.41, 5.74) is -0.578. The molecule has 2 rings (SSSR count). The average Bonchev–Trinajstić information content (AvgIpc) is 2.98. The molecule has 0 saturated heterocycles. The lowest BCUT2D eigenvalue weighted by Crippen LogP contribution is -2.13. The fourth-order valence-electron chi connectivity index (χ4n) is 2.71. The molecule has 21 heavy (non-hydrogen) atoms. The minimum Gasteiger partial charge on any atom is -0.460 e. The molecule has 114 valence electrons. The molecule has 0 aromatic heterocycles. The molecule has 0 radical (unpaired) electrons. The molecule has 1 aliphatic rings. The van der Waals surface area contributed by atoms with Gasteiger partial charge in [0, 0.05) is 11.6 Å². The largest absolute Gasteiger partial charge is 0.460 e. The van der Waals surface area contributed by atoms with Gasteiger partial charge in [-0.15, -0.1) is 6.58 Å². The van der Waals surface area contributed by atoms with Crippen LogP contribution < -0.4 is 0 Å². The molecular weight excluding hydrogens is 281 g/mol. The first-order chi connectivity index (χ1) is 9.71. The van der Waals surface area contributed by atoms with E-state index < -0.39 is 30.0 Å². The van der Waals surface area contributed by atoms with Crippen LogP contribution in [0, 0.1) is 41.6 Å². The number of rotatable bonds is 4. The number of carbonyl (C=O) groups is 1. The van der Waals surface area contributed by atoms with E-state index >= 15 is 0 Å². The van der Waals surface area contributed by atoms with Crippen molar-refractivity contribution < 1.29 is 22.7 Å². The maximum atomic E-state index is 13.7. The molecule has 1 aromatic rings. The molecule has 0 heterocycles. The molecule has 1 saturated carbocycles. The maximum absolute atomic E-state index is 13.7. The van der Waals surface area contributed by atoms with Gasteiger partial charge in [0.25, 0.3) is 0 Å². The van der Waals surface area contributed by atoms with Crippen LogP contribution in [0.2, 0.25) is 0 Å². The lowest BCUT2D eigenvalue weighted by Gasteiger charge is -2.10. The van der Waals surface area contributed by atoms with Gasteiger partial charge in [-0.25, -0.2) is 13.2 Å². The number of hydrogen-bond acceptors (Lipinski definition) is 2. The Morgan fingerprint density at radius 3 is 2.52 bits per heavy atom. The first-order valence-electron chi connectivity index (χ1n) is 6.64. The van der Waals surface area contributed by atoms with Crippen LogP contribution in [0.15, 0.2) is 18.7 Å². The number of carbonyl (C=O) groups excluding carboxylic acids is 1. The Kier molecular flexibility index (Phi) is 3.87. The van der Waals surface area contributed by atoms with E-state index in [0.29, 0.717) is 6.07 Å². The standard InChI is InChI=1S/C16H17F3O2/c1-5-10-13(16(10,3)4)15(20)21-7-9-8(2)11(17)6-12(18)14(9)19/h5-6,10,13H,1,7H2,2-4H3. The quantitative estimate of drug-likeness (QED) is 0.478. The first-order valence-corrected chi connectivity index (χ1v) is 6.64. The molecule has 0 aliphatic heterocycles. The Hall–Kier alpha value is -1.78. The predicted octanol–water partition coefficient (Wildman–Crippen LogP) is 3.91. The van der Waals surface area contributed by atoms with E-state index in [1.807, 2.05) is 13.8 Å². The molecule has 1 aromatic carbocycles. The summed E-state index contributed by atoms with van der Waals surface area (Å²) in [6, 6.07) is 0.480. The van der Waals surface area contributed by atoms with Crippen molar-refractivity contribution in [3.8, 4) is 0 Å². The summed E-state index contributed by atoms with van der Waals surface area (Å²) >= 11 is 0. The van der Waals surface area contributed by atoms with Crippen molar-refractivity contribution >= 4 is 5.97 Å². The maximum Gasteiger partial charge on any atom is 0.310 e. The van der Waals surface area contributed by atoms with Crippen molar-refractivity contribution in [1.82, 2.24) is 0 Å². The van der Waals surface area contributed by atoms with Crippen molar-refractivity contribution in [2.24, 2.45) is 17.3 Å². The molecular formula is C16H17F3O2. The zero-order valence-electron chi connectivity index (χ0n) is 12.2. The molecule has 0 spiro atoms.